The van der Waals surface area contributed by atoms with Crippen LogP contribution in [0.2, 0.25) is 0 Å². The maximum Gasteiger partial charge on any atom is 0.309 e. The number of aliphatic hydroxyl groups is 1. The van der Waals surface area contributed by atoms with Crippen LogP contribution < -0.4 is 0 Å². The van der Waals surface area contributed by atoms with Gasteiger partial charge < -0.3 is 9.84 Å². The fourth-order valence-electron chi connectivity index (χ4n) is 1.93. The highest BCUT2D eigenvalue weighted by molar-refractivity contribution is 5.78. The Morgan fingerprint density at radius 1 is 1.57 bits per heavy atom. The second-order valence-electron chi connectivity index (χ2n) is 4.52. The summed E-state index contributed by atoms with van der Waals surface area (Å²) in [7, 11) is 1.41. The zero-order chi connectivity index (χ0) is 10.9. The molecule has 0 aromatic carbocycles. The van der Waals surface area contributed by atoms with Crippen molar-refractivity contribution in [3.8, 4) is 0 Å². The van der Waals surface area contributed by atoms with Gasteiger partial charge in [-0.25, -0.2) is 0 Å². The largest absolute Gasteiger partial charge is 0.469 e. The quantitative estimate of drug-likeness (QED) is 0.550. The number of carbonyl (C=O) groups is 1. The van der Waals surface area contributed by atoms with Gasteiger partial charge in [0.1, 0.15) is 0 Å². The van der Waals surface area contributed by atoms with E-state index in [0.29, 0.717) is 0 Å². The lowest BCUT2D eigenvalue weighted by molar-refractivity contribution is -0.143. The Labute approximate surface area is 84.8 Å². The number of aliphatic hydroxyl groups excluding tert-OH is 1. The van der Waals surface area contributed by atoms with Crippen molar-refractivity contribution in [2.75, 3.05) is 13.7 Å². The third-order valence-corrected chi connectivity index (χ3v) is 3.08. The minimum atomic E-state index is -0.151. The van der Waals surface area contributed by atoms with E-state index in [-0.39, 0.29) is 29.8 Å². The molecule has 0 aromatic heterocycles. The number of carbonyl (C=O) groups excluding carboxylic acids is 1. The lowest BCUT2D eigenvalue weighted by Gasteiger charge is -1.99. The van der Waals surface area contributed by atoms with Gasteiger partial charge in [0.25, 0.3) is 0 Å². The SMILES string of the molecule is COC(=O)[C@H]1[C@@H](/C=C(\C)CO)C1(C)C. The zero-order valence-electron chi connectivity index (χ0n) is 9.20. The minimum Gasteiger partial charge on any atom is -0.469 e. The van der Waals surface area contributed by atoms with Gasteiger partial charge in [0.2, 0.25) is 0 Å². The fraction of sp³-hybridized carbons (Fsp3) is 0.727. The summed E-state index contributed by atoms with van der Waals surface area (Å²) in [6, 6.07) is 0. The van der Waals surface area contributed by atoms with Crippen LogP contribution in [-0.2, 0) is 9.53 Å². The molecule has 0 radical (unpaired) electrons. The highest BCUT2D eigenvalue weighted by Gasteiger charge is 2.61. The van der Waals surface area contributed by atoms with Crippen LogP contribution >= 0.6 is 0 Å². The van der Waals surface area contributed by atoms with Gasteiger partial charge in [-0.15, -0.1) is 0 Å². The van der Waals surface area contributed by atoms with Gasteiger partial charge in [-0.05, 0) is 18.3 Å². The first-order valence-corrected chi connectivity index (χ1v) is 4.81. The second-order valence-corrected chi connectivity index (χ2v) is 4.52. The summed E-state index contributed by atoms with van der Waals surface area (Å²) in [6.45, 7) is 6.00. The molecule has 1 rings (SSSR count). The van der Waals surface area contributed by atoms with Crippen LogP contribution in [0.1, 0.15) is 20.8 Å². The third kappa shape index (κ3) is 1.82. The van der Waals surface area contributed by atoms with E-state index in [2.05, 4.69) is 0 Å². The maximum absolute atomic E-state index is 11.4. The summed E-state index contributed by atoms with van der Waals surface area (Å²) >= 11 is 0. The molecule has 0 aliphatic heterocycles. The normalized spacial score (nSPS) is 29.9. The molecule has 0 aromatic rings. The zero-order valence-corrected chi connectivity index (χ0v) is 9.20. The molecule has 1 aliphatic carbocycles. The molecule has 1 fully saturated rings. The molecule has 1 saturated carbocycles. The predicted octanol–water partition coefficient (Wildman–Crippen LogP) is 1.37. The summed E-state index contributed by atoms with van der Waals surface area (Å²) in [4.78, 5) is 11.4. The molecule has 0 heterocycles. The Balaban J connectivity index is 2.71. The first-order chi connectivity index (χ1) is 6.45. The fourth-order valence-corrected chi connectivity index (χ4v) is 1.93. The maximum atomic E-state index is 11.4. The lowest BCUT2D eigenvalue weighted by Crippen LogP contribution is -2.07. The topological polar surface area (TPSA) is 46.5 Å². The van der Waals surface area contributed by atoms with Crippen LogP contribution in [-0.4, -0.2) is 24.8 Å². The molecule has 1 aliphatic rings. The van der Waals surface area contributed by atoms with Gasteiger partial charge >= 0.3 is 5.97 Å². The molecule has 0 saturated heterocycles. The smallest absolute Gasteiger partial charge is 0.309 e. The number of ether oxygens (including phenoxy) is 1. The van der Waals surface area contributed by atoms with E-state index in [1.807, 2.05) is 26.8 Å². The van der Waals surface area contributed by atoms with Crippen molar-refractivity contribution in [3.63, 3.8) is 0 Å². The predicted molar refractivity (Wildman–Crippen MR) is 53.6 cm³/mol. The van der Waals surface area contributed by atoms with Crippen LogP contribution in [0.5, 0.6) is 0 Å². The molecule has 0 spiro atoms. The summed E-state index contributed by atoms with van der Waals surface area (Å²) in [5, 5.41) is 8.88. The highest BCUT2D eigenvalue weighted by Crippen LogP contribution is 2.59. The Bertz CT molecular complexity index is 266. The third-order valence-electron chi connectivity index (χ3n) is 3.08. The molecule has 3 heteroatoms. The Hall–Kier alpha value is -0.830. The van der Waals surface area contributed by atoms with E-state index in [0.717, 1.165) is 5.57 Å². The average Bonchev–Trinajstić information content (AvgIpc) is 2.67. The number of rotatable bonds is 3. The van der Waals surface area contributed by atoms with Gasteiger partial charge in [-0.2, -0.15) is 0 Å². The van der Waals surface area contributed by atoms with Crippen molar-refractivity contribution in [3.05, 3.63) is 11.6 Å². The van der Waals surface area contributed by atoms with Crippen molar-refractivity contribution >= 4 is 5.97 Å². The van der Waals surface area contributed by atoms with Crippen LogP contribution in [0.15, 0.2) is 11.6 Å². The Kier molecular flexibility index (Phi) is 3.00. The minimum absolute atomic E-state index is 0.0243. The average molecular weight is 198 g/mol. The molecule has 3 nitrogen and oxygen atoms in total. The lowest BCUT2D eigenvalue weighted by atomic mass is 10.1. The Morgan fingerprint density at radius 3 is 2.57 bits per heavy atom. The first kappa shape index (κ1) is 11.2. The summed E-state index contributed by atoms with van der Waals surface area (Å²) in [5.74, 6) is 0.0121. The number of allylic oxidation sites excluding steroid dienone is 1. The van der Waals surface area contributed by atoms with E-state index in [4.69, 9.17) is 9.84 Å². The number of methoxy groups -OCH3 is 1. The van der Waals surface area contributed by atoms with Gasteiger partial charge in [-0.3, -0.25) is 4.79 Å². The van der Waals surface area contributed by atoms with E-state index in [1.165, 1.54) is 7.11 Å². The molecular weight excluding hydrogens is 180 g/mol. The number of esters is 1. The molecule has 14 heavy (non-hydrogen) atoms. The standard InChI is InChI=1S/C11H18O3/c1-7(6-12)5-8-9(10(13)14-4)11(8,2)3/h5,8-9,12H,6H2,1-4H3/b7-5+/t8-,9-/m1/s1. The Morgan fingerprint density at radius 2 is 2.14 bits per heavy atom. The molecule has 0 bridgehead atoms. The van der Waals surface area contributed by atoms with Crippen molar-refractivity contribution in [2.45, 2.75) is 20.8 Å². The van der Waals surface area contributed by atoms with E-state index < -0.39 is 0 Å². The summed E-state index contributed by atoms with van der Waals surface area (Å²) < 4.78 is 4.72. The van der Waals surface area contributed by atoms with Crippen molar-refractivity contribution < 1.29 is 14.6 Å². The number of hydrogen-bond acceptors (Lipinski definition) is 3. The van der Waals surface area contributed by atoms with E-state index in [1.54, 1.807) is 0 Å². The summed E-state index contributed by atoms with van der Waals surface area (Å²) in [6.07, 6.45) is 1.97. The molecule has 0 unspecified atom stereocenters. The van der Waals surface area contributed by atoms with Crippen molar-refractivity contribution in [2.24, 2.45) is 17.3 Å². The molecule has 80 valence electrons. The molecule has 2 atom stereocenters. The van der Waals surface area contributed by atoms with Crippen molar-refractivity contribution in [1.29, 1.82) is 0 Å². The van der Waals surface area contributed by atoms with Gasteiger partial charge in [0.15, 0.2) is 0 Å². The van der Waals surface area contributed by atoms with Crippen molar-refractivity contribution in [1.82, 2.24) is 0 Å². The van der Waals surface area contributed by atoms with Gasteiger partial charge in [-0.1, -0.05) is 25.5 Å². The first-order valence-electron chi connectivity index (χ1n) is 4.81. The van der Waals surface area contributed by atoms with Crippen LogP contribution in [0.25, 0.3) is 0 Å². The highest BCUT2D eigenvalue weighted by atomic mass is 16.5. The van der Waals surface area contributed by atoms with E-state index >= 15 is 0 Å². The van der Waals surface area contributed by atoms with E-state index in [9.17, 15) is 4.79 Å². The van der Waals surface area contributed by atoms with Gasteiger partial charge in [0.05, 0.1) is 19.6 Å². The summed E-state index contributed by atoms with van der Waals surface area (Å²) in [5.41, 5.74) is 0.887. The van der Waals surface area contributed by atoms with Crippen LogP contribution in [0, 0.1) is 17.3 Å². The molecule has 0 amide bonds. The molecular formula is C11H18O3. The number of hydrogen-bond donors (Lipinski definition) is 1. The molecule has 1 N–H and O–H groups in total. The monoisotopic (exact) mass is 198 g/mol. The van der Waals surface area contributed by atoms with Gasteiger partial charge in [0, 0.05) is 0 Å². The van der Waals surface area contributed by atoms with Crippen LogP contribution in [0.4, 0.5) is 0 Å². The van der Waals surface area contributed by atoms with Crippen LogP contribution in [0.3, 0.4) is 0 Å². The second kappa shape index (κ2) is 3.73.